The van der Waals surface area contributed by atoms with Gasteiger partial charge in [-0.25, -0.2) is 4.98 Å². The Morgan fingerprint density at radius 1 is 1.23 bits per heavy atom. The first kappa shape index (κ1) is 13.4. The van der Waals surface area contributed by atoms with Crippen LogP contribution in [-0.2, 0) is 0 Å². The van der Waals surface area contributed by atoms with Crippen LogP contribution in [0.15, 0.2) is 36.7 Å². The second kappa shape index (κ2) is 5.15. The van der Waals surface area contributed by atoms with Gasteiger partial charge in [-0.1, -0.05) is 12.1 Å². The number of para-hydroxylation sites is 2. The van der Waals surface area contributed by atoms with Gasteiger partial charge >= 0.3 is 0 Å². The standard InChI is InChI=1S/C16H17N5O/c1-10-14(18-7-6-17-10)11-8-21(9-11)16(22)15-19-12-4-2-3-5-13(12)20-15/h2-7,11,16,22H,8-9H2,1H3,(H,19,20). The number of benzene rings is 1. The molecule has 1 aliphatic heterocycles. The van der Waals surface area contributed by atoms with Crippen LogP contribution in [-0.4, -0.2) is 43.0 Å². The molecule has 22 heavy (non-hydrogen) atoms. The van der Waals surface area contributed by atoms with Crippen LogP contribution in [0.4, 0.5) is 0 Å². The van der Waals surface area contributed by atoms with Gasteiger partial charge in [-0.3, -0.25) is 14.9 Å². The van der Waals surface area contributed by atoms with E-state index in [1.807, 2.05) is 36.1 Å². The van der Waals surface area contributed by atoms with Crippen molar-refractivity contribution in [1.29, 1.82) is 0 Å². The number of aliphatic hydroxyl groups is 1. The molecule has 6 heteroatoms. The number of aliphatic hydroxyl groups excluding tert-OH is 1. The summed E-state index contributed by atoms with van der Waals surface area (Å²) < 4.78 is 0. The van der Waals surface area contributed by atoms with Crippen LogP contribution in [0.5, 0.6) is 0 Å². The molecule has 1 atom stereocenters. The highest BCUT2D eigenvalue weighted by Gasteiger charge is 2.36. The molecule has 0 radical (unpaired) electrons. The van der Waals surface area contributed by atoms with Crippen molar-refractivity contribution in [1.82, 2.24) is 24.8 Å². The smallest absolute Gasteiger partial charge is 0.166 e. The highest BCUT2D eigenvalue weighted by atomic mass is 16.3. The molecule has 1 unspecified atom stereocenters. The van der Waals surface area contributed by atoms with Gasteiger partial charge in [0.15, 0.2) is 12.1 Å². The largest absolute Gasteiger partial charge is 0.371 e. The Balaban J connectivity index is 1.49. The maximum absolute atomic E-state index is 10.5. The minimum Gasteiger partial charge on any atom is -0.371 e. The fourth-order valence-corrected chi connectivity index (χ4v) is 2.97. The SMILES string of the molecule is Cc1nccnc1C1CN(C(O)c2nc3ccccc3[nH]2)C1. The van der Waals surface area contributed by atoms with Crippen LogP contribution in [0.25, 0.3) is 11.0 Å². The predicted octanol–water partition coefficient (Wildman–Crippen LogP) is 1.75. The lowest BCUT2D eigenvalue weighted by molar-refractivity contribution is -0.0540. The molecule has 0 saturated carbocycles. The molecule has 112 valence electrons. The normalized spacial score (nSPS) is 17.5. The third kappa shape index (κ3) is 2.17. The minimum absolute atomic E-state index is 0.327. The lowest BCUT2D eigenvalue weighted by atomic mass is 9.94. The molecule has 4 rings (SSSR count). The number of hydrogen-bond donors (Lipinski definition) is 2. The second-order valence-electron chi connectivity index (χ2n) is 5.69. The van der Waals surface area contributed by atoms with Gasteiger partial charge < -0.3 is 10.1 Å². The summed E-state index contributed by atoms with van der Waals surface area (Å²) in [4.78, 5) is 18.3. The van der Waals surface area contributed by atoms with Gasteiger partial charge in [-0.2, -0.15) is 0 Å². The van der Waals surface area contributed by atoms with Gasteiger partial charge in [0.05, 0.1) is 22.4 Å². The van der Waals surface area contributed by atoms with E-state index in [9.17, 15) is 5.11 Å². The van der Waals surface area contributed by atoms with Crippen molar-refractivity contribution in [2.75, 3.05) is 13.1 Å². The third-order valence-electron chi connectivity index (χ3n) is 4.21. The second-order valence-corrected chi connectivity index (χ2v) is 5.69. The van der Waals surface area contributed by atoms with Crippen LogP contribution < -0.4 is 0 Å². The first-order valence-electron chi connectivity index (χ1n) is 7.36. The van der Waals surface area contributed by atoms with Crippen LogP contribution in [0, 0.1) is 6.92 Å². The third-order valence-corrected chi connectivity index (χ3v) is 4.21. The van der Waals surface area contributed by atoms with Gasteiger partial charge in [0.25, 0.3) is 0 Å². The summed E-state index contributed by atoms with van der Waals surface area (Å²) in [6, 6.07) is 7.79. The molecule has 1 aromatic carbocycles. The van der Waals surface area contributed by atoms with Gasteiger partial charge in [-0.15, -0.1) is 0 Å². The number of hydrogen-bond acceptors (Lipinski definition) is 5. The number of likely N-dealkylation sites (tertiary alicyclic amines) is 1. The maximum atomic E-state index is 10.5. The zero-order chi connectivity index (χ0) is 15.1. The Morgan fingerprint density at radius 2 is 2.00 bits per heavy atom. The number of nitrogens with zero attached hydrogens (tertiary/aromatic N) is 4. The molecule has 0 amide bonds. The number of fused-ring (bicyclic) bond motifs is 1. The molecule has 0 bridgehead atoms. The zero-order valence-electron chi connectivity index (χ0n) is 12.3. The molecule has 0 aliphatic carbocycles. The van der Waals surface area contributed by atoms with Gasteiger partial charge in [-0.05, 0) is 19.1 Å². The van der Waals surface area contributed by atoms with Gasteiger partial charge in [0.2, 0.25) is 0 Å². The first-order valence-corrected chi connectivity index (χ1v) is 7.36. The van der Waals surface area contributed by atoms with Crippen LogP contribution >= 0.6 is 0 Å². The summed E-state index contributed by atoms with van der Waals surface area (Å²) in [5.41, 5.74) is 3.80. The minimum atomic E-state index is -0.708. The molecule has 3 heterocycles. The number of imidazole rings is 1. The summed E-state index contributed by atoms with van der Waals surface area (Å²) in [6.07, 6.45) is 2.72. The predicted molar refractivity (Wildman–Crippen MR) is 82.1 cm³/mol. The van der Waals surface area contributed by atoms with Crippen molar-refractivity contribution in [3.05, 3.63) is 53.9 Å². The van der Waals surface area contributed by atoms with Crippen molar-refractivity contribution in [3.8, 4) is 0 Å². The lowest BCUT2D eigenvalue weighted by Crippen LogP contribution is -2.47. The van der Waals surface area contributed by atoms with Crippen molar-refractivity contribution in [3.63, 3.8) is 0 Å². The van der Waals surface area contributed by atoms with Gasteiger partial charge in [0.1, 0.15) is 0 Å². The molecule has 1 fully saturated rings. The summed E-state index contributed by atoms with van der Waals surface area (Å²) in [6.45, 7) is 3.50. The molecule has 2 aromatic heterocycles. The topological polar surface area (TPSA) is 77.9 Å². The van der Waals surface area contributed by atoms with E-state index in [-0.39, 0.29) is 0 Å². The molecular weight excluding hydrogens is 278 g/mol. The Bertz CT molecular complexity index is 776. The quantitative estimate of drug-likeness (QED) is 0.769. The highest BCUT2D eigenvalue weighted by Crippen LogP contribution is 2.32. The fraction of sp³-hybridized carbons (Fsp3) is 0.312. The number of aromatic nitrogens is 4. The summed E-state index contributed by atoms with van der Waals surface area (Å²) >= 11 is 0. The molecule has 3 aromatic rings. The van der Waals surface area contributed by atoms with Crippen LogP contribution in [0.1, 0.15) is 29.4 Å². The molecule has 1 aliphatic rings. The monoisotopic (exact) mass is 295 g/mol. The summed E-state index contributed by atoms with van der Waals surface area (Å²) in [5.74, 6) is 0.920. The zero-order valence-corrected chi connectivity index (χ0v) is 12.3. The summed E-state index contributed by atoms with van der Waals surface area (Å²) in [5, 5.41) is 10.5. The fourth-order valence-electron chi connectivity index (χ4n) is 2.97. The van der Waals surface area contributed by atoms with Crippen molar-refractivity contribution in [2.24, 2.45) is 0 Å². The molecule has 6 nitrogen and oxygen atoms in total. The van der Waals surface area contributed by atoms with E-state index in [2.05, 4.69) is 19.9 Å². The molecule has 1 saturated heterocycles. The lowest BCUT2D eigenvalue weighted by Gasteiger charge is -2.41. The van der Waals surface area contributed by atoms with Crippen LogP contribution in [0.2, 0.25) is 0 Å². The van der Waals surface area contributed by atoms with E-state index >= 15 is 0 Å². The molecular formula is C16H17N5O. The van der Waals surface area contributed by atoms with Gasteiger partial charge in [0, 0.05) is 31.4 Å². The number of aryl methyl sites for hydroxylation is 1. The Labute approximate surface area is 127 Å². The van der Waals surface area contributed by atoms with E-state index in [1.165, 1.54) is 0 Å². The van der Waals surface area contributed by atoms with E-state index < -0.39 is 6.23 Å². The number of rotatable bonds is 3. The number of H-pyrrole nitrogens is 1. The molecule has 0 spiro atoms. The number of nitrogens with one attached hydrogen (secondary N) is 1. The van der Waals surface area contributed by atoms with E-state index in [1.54, 1.807) is 12.4 Å². The van der Waals surface area contributed by atoms with E-state index in [0.717, 1.165) is 35.5 Å². The average molecular weight is 295 g/mol. The van der Waals surface area contributed by atoms with Crippen molar-refractivity contribution >= 4 is 11.0 Å². The maximum Gasteiger partial charge on any atom is 0.166 e. The first-order chi connectivity index (χ1) is 10.7. The Hall–Kier alpha value is -2.31. The van der Waals surface area contributed by atoms with E-state index in [4.69, 9.17) is 0 Å². The summed E-state index contributed by atoms with van der Waals surface area (Å²) in [7, 11) is 0. The van der Waals surface area contributed by atoms with Crippen molar-refractivity contribution in [2.45, 2.75) is 19.1 Å². The highest BCUT2D eigenvalue weighted by molar-refractivity contribution is 5.74. The Morgan fingerprint density at radius 3 is 2.77 bits per heavy atom. The van der Waals surface area contributed by atoms with Crippen molar-refractivity contribution < 1.29 is 5.11 Å². The van der Waals surface area contributed by atoms with E-state index in [0.29, 0.717) is 11.7 Å². The molecule has 2 N–H and O–H groups in total. The van der Waals surface area contributed by atoms with Crippen LogP contribution in [0.3, 0.4) is 0 Å². The number of aromatic amines is 1. The average Bonchev–Trinajstić information content (AvgIpc) is 2.91. The Kier molecular flexibility index (Phi) is 3.13.